The van der Waals surface area contributed by atoms with Crippen LogP contribution < -0.4 is 9.62 Å². The van der Waals surface area contributed by atoms with Gasteiger partial charge in [-0.3, -0.25) is 9.52 Å². The molecule has 2 heterocycles. The average molecular weight is 423 g/mol. The number of nitrogens with one attached hydrogen (secondary N) is 1. The number of amides is 1. The summed E-state index contributed by atoms with van der Waals surface area (Å²) >= 11 is 0. The number of benzene rings is 3. The van der Waals surface area contributed by atoms with E-state index in [1.807, 2.05) is 0 Å². The first-order valence-electron chi connectivity index (χ1n) is 9.14. The number of hydrogen-bond acceptors (Lipinski definition) is 6. The van der Waals surface area contributed by atoms with E-state index in [1.165, 1.54) is 18.1 Å². The van der Waals surface area contributed by atoms with Gasteiger partial charge in [0.2, 0.25) is 5.89 Å². The van der Waals surface area contributed by atoms with Crippen molar-refractivity contribution in [3.05, 3.63) is 60.0 Å². The van der Waals surface area contributed by atoms with Crippen molar-refractivity contribution in [3.8, 4) is 0 Å². The molecule has 0 unspecified atom stereocenters. The lowest BCUT2D eigenvalue weighted by Gasteiger charge is -2.13. The van der Waals surface area contributed by atoms with Gasteiger partial charge in [0.1, 0.15) is 12.1 Å². The Morgan fingerprint density at radius 1 is 1.17 bits per heavy atom. The van der Waals surface area contributed by atoms with Crippen LogP contribution in [0, 0.1) is 0 Å². The summed E-state index contributed by atoms with van der Waals surface area (Å²) in [7, 11) is -0.701. The molecule has 1 N–H and O–H groups in total. The lowest BCUT2D eigenvalue weighted by atomic mass is 10.1. The summed E-state index contributed by atoms with van der Waals surface area (Å²) in [5.74, 6) is 0.259. The van der Waals surface area contributed by atoms with Crippen LogP contribution in [0.3, 0.4) is 0 Å². The Morgan fingerprint density at radius 3 is 2.80 bits per heavy atom. The highest BCUT2D eigenvalue weighted by Gasteiger charge is 2.30. The summed E-state index contributed by atoms with van der Waals surface area (Å²) in [5.41, 5.74) is 2.61. The molecule has 152 valence electrons. The molecule has 0 spiro atoms. The van der Waals surface area contributed by atoms with Gasteiger partial charge in [0.25, 0.3) is 15.9 Å². The zero-order valence-corrected chi connectivity index (χ0v) is 17.0. The Labute approximate surface area is 172 Å². The minimum absolute atomic E-state index is 0.103. The quantitative estimate of drug-likeness (QED) is 0.527. The van der Waals surface area contributed by atoms with E-state index in [0.29, 0.717) is 44.7 Å². The van der Waals surface area contributed by atoms with Crippen molar-refractivity contribution in [1.82, 2.24) is 4.98 Å². The van der Waals surface area contributed by atoms with Crippen LogP contribution in [0.4, 0.5) is 11.4 Å². The fraction of sp³-hybridized carbons (Fsp3) is 0.143. The highest BCUT2D eigenvalue weighted by atomic mass is 32.2. The van der Waals surface area contributed by atoms with Gasteiger partial charge in [0.05, 0.1) is 16.3 Å². The Morgan fingerprint density at radius 2 is 2.00 bits per heavy atom. The molecule has 9 heteroatoms. The van der Waals surface area contributed by atoms with Gasteiger partial charge < -0.3 is 14.1 Å². The molecule has 3 aromatic carbocycles. The van der Waals surface area contributed by atoms with E-state index in [0.717, 1.165) is 0 Å². The molecule has 1 aromatic heterocycles. The molecule has 0 saturated heterocycles. The van der Waals surface area contributed by atoms with Crippen molar-refractivity contribution in [1.29, 1.82) is 0 Å². The number of aromatic nitrogens is 1. The average Bonchev–Trinajstić information content (AvgIpc) is 3.23. The van der Waals surface area contributed by atoms with Crippen LogP contribution in [-0.2, 0) is 21.4 Å². The van der Waals surface area contributed by atoms with Crippen LogP contribution in [0.15, 0.2) is 57.8 Å². The predicted octanol–water partition coefficient (Wildman–Crippen LogP) is 3.52. The third-order valence-corrected chi connectivity index (χ3v) is 6.56. The number of rotatable bonds is 5. The molecule has 0 aliphatic carbocycles. The van der Waals surface area contributed by atoms with E-state index in [-0.39, 0.29) is 17.4 Å². The molecule has 5 rings (SSSR count). The van der Waals surface area contributed by atoms with E-state index in [9.17, 15) is 13.2 Å². The van der Waals surface area contributed by atoms with Crippen molar-refractivity contribution >= 4 is 49.2 Å². The molecule has 0 fully saturated rings. The zero-order chi connectivity index (χ0) is 21.0. The Balaban J connectivity index is 1.57. The number of fused-ring (bicyclic) bond motifs is 1. The van der Waals surface area contributed by atoms with Crippen LogP contribution in [0.1, 0.15) is 16.2 Å². The fourth-order valence-electron chi connectivity index (χ4n) is 3.78. The normalized spacial score (nSPS) is 13.5. The third kappa shape index (κ3) is 2.74. The Bertz CT molecular complexity index is 1440. The summed E-state index contributed by atoms with van der Waals surface area (Å²) in [6.07, 6.45) is 0. The van der Waals surface area contributed by atoms with Crippen molar-refractivity contribution in [3.63, 3.8) is 0 Å². The summed E-state index contributed by atoms with van der Waals surface area (Å²) in [6, 6.07) is 13.1. The monoisotopic (exact) mass is 423 g/mol. The molecule has 1 aliphatic rings. The van der Waals surface area contributed by atoms with Gasteiger partial charge in [-0.1, -0.05) is 12.1 Å². The number of oxazole rings is 1. The molecule has 8 nitrogen and oxygen atoms in total. The van der Waals surface area contributed by atoms with Gasteiger partial charge in [-0.2, -0.15) is 0 Å². The van der Waals surface area contributed by atoms with E-state index < -0.39 is 10.0 Å². The van der Waals surface area contributed by atoms with Crippen molar-refractivity contribution in [2.24, 2.45) is 0 Å². The molecule has 0 atom stereocenters. The van der Waals surface area contributed by atoms with Crippen molar-refractivity contribution in [2.45, 2.75) is 11.5 Å². The predicted molar refractivity (Wildman–Crippen MR) is 112 cm³/mol. The molecule has 0 radical (unpaired) electrons. The maximum atomic E-state index is 13.2. The second kappa shape index (κ2) is 6.54. The molecule has 30 heavy (non-hydrogen) atoms. The zero-order valence-electron chi connectivity index (χ0n) is 16.2. The summed E-state index contributed by atoms with van der Waals surface area (Å²) in [5, 5.41) is 1.14. The molecule has 0 bridgehead atoms. The Hall–Kier alpha value is -3.43. The molecule has 1 aliphatic heterocycles. The number of methoxy groups -OCH3 is 1. The van der Waals surface area contributed by atoms with Crippen LogP contribution in [0.5, 0.6) is 0 Å². The highest BCUT2D eigenvalue weighted by Crippen LogP contribution is 2.39. The minimum atomic E-state index is -3.92. The first kappa shape index (κ1) is 18.6. The highest BCUT2D eigenvalue weighted by molar-refractivity contribution is 7.93. The molecular weight excluding hydrogens is 406 g/mol. The van der Waals surface area contributed by atoms with E-state index in [4.69, 9.17) is 9.15 Å². The van der Waals surface area contributed by atoms with Gasteiger partial charge >= 0.3 is 0 Å². The fourth-order valence-corrected chi connectivity index (χ4v) is 5.03. The molecular formula is C21H17N3O5S. The maximum absolute atomic E-state index is 13.2. The standard InChI is InChI=1S/C21H17N3O5S/c1-24-16-7-9-18(13-4-3-5-14(20(13)16)21(24)25)30(26,27)23-12-6-8-17-15(10-12)22-19(29-17)11-28-2/h3-10,23H,11H2,1-2H3. The second-order valence-electron chi connectivity index (χ2n) is 7.00. The largest absolute Gasteiger partial charge is 0.438 e. The number of sulfonamides is 1. The lowest BCUT2D eigenvalue weighted by molar-refractivity contribution is 0.0999. The molecule has 4 aromatic rings. The Kier molecular flexibility index (Phi) is 4.05. The minimum Gasteiger partial charge on any atom is -0.438 e. The van der Waals surface area contributed by atoms with Crippen molar-refractivity contribution < 1.29 is 22.4 Å². The first-order valence-corrected chi connectivity index (χ1v) is 10.6. The van der Waals surface area contributed by atoms with E-state index >= 15 is 0 Å². The third-order valence-electron chi connectivity index (χ3n) is 5.12. The molecule has 0 saturated carbocycles. The van der Waals surface area contributed by atoms with Crippen molar-refractivity contribution in [2.75, 3.05) is 23.8 Å². The van der Waals surface area contributed by atoms with Gasteiger partial charge in [0, 0.05) is 30.5 Å². The number of carbonyl (C=O) groups excluding carboxylic acids is 1. The number of ether oxygens (including phenoxy) is 1. The first-order chi connectivity index (χ1) is 14.4. The second-order valence-corrected chi connectivity index (χ2v) is 8.65. The van der Waals surface area contributed by atoms with E-state index in [2.05, 4.69) is 9.71 Å². The smallest absolute Gasteiger partial charge is 0.262 e. The van der Waals surface area contributed by atoms with Gasteiger partial charge in [-0.05, 0) is 36.4 Å². The topological polar surface area (TPSA) is 102 Å². The maximum Gasteiger partial charge on any atom is 0.262 e. The summed E-state index contributed by atoms with van der Waals surface area (Å²) in [6.45, 7) is 0.226. The number of anilines is 2. The number of hydrogen-bond donors (Lipinski definition) is 1. The van der Waals surface area contributed by atoms with Crippen LogP contribution >= 0.6 is 0 Å². The van der Waals surface area contributed by atoms with Crippen LogP contribution in [0.25, 0.3) is 21.9 Å². The van der Waals surface area contributed by atoms with Crippen LogP contribution in [-0.4, -0.2) is 33.5 Å². The lowest BCUT2D eigenvalue weighted by Crippen LogP contribution is -2.20. The van der Waals surface area contributed by atoms with Gasteiger partial charge in [-0.15, -0.1) is 0 Å². The van der Waals surface area contributed by atoms with Crippen LogP contribution in [0.2, 0.25) is 0 Å². The van der Waals surface area contributed by atoms with Gasteiger partial charge in [-0.25, -0.2) is 13.4 Å². The SMILES string of the molecule is COCc1nc2cc(NS(=O)(=O)c3ccc4c5c(cccc35)C(=O)N4C)ccc2o1. The summed E-state index contributed by atoms with van der Waals surface area (Å²) < 4.78 is 39.5. The van der Waals surface area contributed by atoms with E-state index in [1.54, 1.807) is 49.5 Å². The number of carbonyl (C=O) groups is 1. The number of nitrogens with zero attached hydrogens (tertiary/aromatic N) is 2. The summed E-state index contributed by atoms with van der Waals surface area (Å²) in [4.78, 5) is 18.4. The van der Waals surface area contributed by atoms with Gasteiger partial charge in [0.15, 0.2) is 5.58 Å². The molecule has 1 amide bonds.